The number of hydrogen-bond acceptors (Lipinski definition) is 2. The van der Waals surface area contributed by atoms with Gasteiger partial charge in [0.1, 0.15) is 0 Å². The molecule has 0 aliphatic carbocycles. The molecule has 1 amide bonds. The van der Waals surface area contributed by atoms with Crippen molar-refractivity contribution in [2.45, 2.75) is 27.7 Å². The van der Waals surface area contributed by atoms with Gasteiger partial charge in [-0.3, -0.25) is 4.79 Å². The lowest BCUT2D eigenvalue weighted by Crippen LogP contribution is -2.44. The number of nitrogens with zero attached hydrogens (tertiary/aromatic N) is 1. The molecule has 3 heteroatoms. The van der Waals surface area contributed by atoms with Crippen LogP contribution in [0.3, 0.4) is 0 Å². The molecule has 0 aromatic carbocycles. The quantitative estimate of drug-likeness (QED) is 0.714. The monoisotopic (exact) mass is 186 g/mol. The predicted molar refractivity (Wildman–Crippen MR) is 55.3 cm³/mol. The van der Waals surface area contributed by atoms with E-state index >= 15 is 0 Å². The molecule has 0 heterocycles. The molecule has 0 radical (unpaired) electrons. The van der Waals surface area contributed by atoms with Crippen LogP contribution in [0, 0.1) is 11.3 Å². The second kappa shape index (κ2) is 4.61. The molecule has 13 heavy (non-hydrogen) atoms. The minimum absolute atomic E-state index is 0.128. The van der Waals surface area contributed by atoms with Gasteiger partial charge in [0.15, 0.2) is 0 Å². The van der Waals surface area contributed by atoms with Crippen LogP contribution in [0.25, 0.3) is 0 Å². The van der Waals surface area contributed by atoms with E-state index in [1.54, 1.807) is 4.90 Å². The van der Waals surface area contributed by atoms with E-state index < -0.39 is 5.41 Å². The first-order chi connectivity index (χ1) is 5.81. The van der Waals surface area contributed by atoms with Gasteiger partial charge in [0.25, 0.3) is 0 Å². The third-order valence-corrected chi connectivity index (χ3v) is 2.07. The highest BCUT2D eigenvalue weighted by molar-refractivity contribution is 5.81. The third kappa shape index (κ3) is 3.77. The Balaban J connectivity index is 4.25. The number of nitrogens with two attached hydrogens (primary N) is 1. The normalized spacial score (nSPS) is 11.9. The van der Waals surface area contributed by atoms with E-state index in [0.717, 1.165) is 6.54 Å². The molecule has 0 rings (SSSR count). The summed E-state index contributed by atoms with van der Waals surface area (Å²) < 4.78 is 0. The number of hydrogen-bond donors (Lipinski definition) is 1. The first-order valence-electron chi connectivity index (χ1n) is 4.77. The minimum atomic E-state index is -0.427. The van der Waals surface area contributed by atoms with Crippen LogP contribution in [0.1, 0.15) is 27.7 Å². The summed E-state index contributed by atoms with van der Waals surface area (Å²) in [7, 11) is 1.83. The van der Waals surface area contributed by atoms with Gasteiger partial charge in [-0.25, -0.2) is 0 Å². The smallest absolute Gasteiger partial charge is 0.229 e. The molecular formula is C10H22N2O. The largest absolute Gasteiger partial charge is 0.345 e. The first-order valence-corrected chi connectivity index (χ1v) is 4.77. The van der Waals surface area contributed by atoms with Crippen molar-refractivity contribution in [3.05, 3.63) is 0 Å². The van der Waals surface area contributed by atoms with Crippen LogP contribution >= 0.6 is 0 Å². The molecule has 0 aromatic rings. The number of rotatable bonds is 4. The van der Waals surface area contributed by atoms with E-state index in [1.807, 2.05) is 20.9 Å². The SMILES string of the molecule is CC(C)CN(C)C(=O)C(C)(C)CN. The molecule has 0 aliphatic rings. The maximum Gasteiger partial charge on any atom is 0.229 e. The first kappa shape index (κ1) is 12.4. The summed E-state index contributed by atoms with van der Waals surface area (Å²) in [6.07, 6.45) is 0. The van der Waals surface area contributed by atoms with Gasteiger partial charge < -0.3 is 10.6 Å². The predicted octanol–water partition coefficient (Wildman–Crippen LogP) is 1.09. The van der Waals surface area contributed by atoms with Crippen molar-refractivity contribution >= 4 is 5.91 Å². The fraction of sp³-hybridized carbons (Fsp3) is 0.900. The van der Waals surface area contributed by atoms with Gasteiger partial charge in [0, 0.05) is 20.1 Å². The molecular weight excluding hydrogens is 164 g/mol. The zero-order valence-corrected chi connectivity index (χ0v) is 9.42. The summed E-state index contributed by atoms with van der Waals surface area (Å²) in [5.74, 6) is 0.631. The molecule has 0 spiro atoms. The molecule has 2 N–H and O–H groups in total. The van der Waals surface area contributed by atoms with Crippen LogP contribution in [-0.2, 0) is 4.79 Å². The highest BCUT2D eigenvalue weighted by Crippen LogP contribution is 2.16. The molecule has 0 aliphatic heterocycles. The molecule has 0 bridgehead atoms. The van der Waals surface area contributed by atoms with E-state index in [9.17, 15) is 4.79 Å². The Morgan fingerprint density at radius 3 is 2.23 bits per heavy atom. The average Bonchev–Trinajstić information content (AvgIpc) is 2.01. The third-order valence-electron chi connectivity index (χ3n) is 2.07. The zero-order valence-electron chi connectivity index (χ0n) is 9.42. The lowest BCUT2D eigenvalue weighted by molar-refractivity contribution is -0.138. The van der Waals surface area contributed by atoms with Crippen molar-refractivity contribution in [2.24, 2.45) is 17.1 Å². The summed E-state index contributed by atoms with van der Waals surface area (Å²) in [6.45, 7) is 9.15. The molecule has 78 valence electrons. The van der Waals surface area contributed by atoms with Gasteiger partial charge in [-0.05, 0) is 19.8 Å². The Kier molecular flexibility index (Phi) is 4.40. The van der Waals surface area contributed by atoms with Gasteiger partial charge in [0.05, 0.1) is 5.41 Å². The fourth-order valence-corrected chi connectivity index (χ4v) is 1.23. The number of amides is 1. The Morgan fingerprint density at radius 1 is 1.46 bits per heavy atom. The Bertz CT molecular complexity index is 176. The van der Waals surface area contributed by atoms with Crippen molar-refractivity contribution in [1.82, 2.24) is 4.90 Å². The Labute approximate surface area is 81.3 Å². The van der Waals surface area contributed by atoms with Crippen molar-refractivity contribution in [3.63, 3.8) is 0 Å². The van der Waals surface area contributed by atoms with Crippen molar-refractivity contribution in [1.29, 1.82) is 0 Å². The lowest BCUT2D eigenvalue weighted by atomic mass is 9.92. The van der Waals surface area contributed by atoms with Crippen molar-refractivity contribution in [2.75, 3.05) is 20.1 Å². The van der Waals surface area contributed by atoms with Crippen LogP contribution in [0.4, 0.5) is 0 Å². The summed E-state index contributed by atoms with van der Waals surface area (Å²) in [5.41, 5.74) is 5.10. The van der Waals surface area contributed by atoms with Crippen molar-refractivity contribution in [3.8, 4) is 0 Å². The molecule has 0 fully saturated rings. The molecule has 0 saturated carbocycles. The molecule has 0 saturated heterocycles. The zero-order chi connectivity index (χ0) is 10.6. The number of carbonyl (C=O) groups excluding carboxylic acids is 1. The summed E-state index contributed by atoms with van der Waals surface area (Å²) in [6, 6.07) is 0. The van der Waals surface area contributed by atoms with Crippen LogP contribution in [-0.4, -0.2) is 30.9 Å². The van der Waals surface area contributed by atoms with E-state index in [2.05, 4.69) is 13.8 Å². The number of carbonyl (C=O) groups is 1. The molecule has 3 nitrogen and oxygen atoms in total. The van der Waals surface area contributed by atoms with Gasteiger partial charge in [-0.1, -0.05) is 13.8 Å². The van der Waals surface area contributed by atoms with Gasteiger partial charge in [-0.15, -0.1) is 0 Å². The molecule has 0 aromatic heterocycles. The topological polar surface area (TPSA) is 46.3 Å². The van der Waals surface area contributed by atoms with Crippen LogP contribution in [0.5, 0.6) is 0 Å². The fourth-order valence-electron chi connectivity index (χ4n) is 1.23. The van der Waals surface area contributed by atoms with Crippen LogP contribution in [0.2, 0.25) is 0 Å². The Morgan fingerprint density at radius 2 is 1.92 bits per heavy atom. The minimum Gasteiger partial charge on any atom is -0.345 e. The van der Waals surface area contributed by atoms with Crippen LogP contribution in [0.15, 0.2) is 0 Å². The van der Waals surface area contributed by atoms with E-state index in [0.29, 0.717) is 12.5 Å². The second-order valence-corrected chi connectivity index (χ2v) is 4.67. The van der Waals surface area contributed by atoms with Gasteiger partial charge in [0.2, 0.25) is 5.91 Å². The Hall–Kier alpha value is -0.570. The maximum atomic E-state index is 11.8. The van der Waals surface area contributed by atoms with Gasteiger partial charge >= 0.3 is 0 Å². The summed E-state index contributed by atoms with van der Waals surface area (Å²) in [4.78, 5) is 13.5. The van der Waals surface area contributed by atoms with E-state index in [4.69, 9.17) is 5.73 Å². The average molecular weight is 186 g/mol. The van der Waals surface area contributed by atoms with E-state index in [-0.39, 0.29) is 5.91 Å². The molecule has 0 unspecified atom stereocenters. The van der Waals surface area contributed by atoms with E-state index in [1.165, 1.54) is 0 Å². The highest BCUT2D eigenvalue weighted by Gasteiger charge is 2.28. The molecule has 0 atom stereocenters. The lowest BCUT2D eigenvalue weighted by Gasteiger charge is -2.29. The summed E-state index contributed by atoms with van der Waals surface area (Å²) in [5, 5.41) is 0. The van der Waals surface area contributed by atoms with Gasteiger partial charge in [-0.2, -0.15) is 0 Å². The summed E-state index contributed by atoms with van der Waals surface area (Å²) >= 11 is 0. The standard InChI is InChI=1S/C10H22N2O/c1-8(2)6-12(5)9(13)10(3,4)7-11/h8H,6-7,11H2,1-5H3. The second-order valence-electron chi connectivity index (χ2n) is 4.67. The maximum absolute atomic E-state index is 11.8. The van der Waals surface area contributed by atoms with Crippen molar-refractivity contribution < 1.29 is 4.79 Å². The highest BCUT2D eigenvalue weighted by atomic mass is 16.2. The van der Waals surface area contributed by atoms with Crippen LogP contribution < -0.4 is 5.73 Å².